The molecular formula is C13H21N3O2. The average Bonchev–Trinajstić information content (AvgIpc) is 2.68. The van der Waals surface area contributed by atoms with Gasteiger partial charge in [-0.05, 0) is 19.8 Å². The Morgan fingerprint density at radius 2 is 2.17 bits per heavy atom. The van der Waals surface area contributed by atoms with Gasteiger partial charge in [-0.3, -0.25) is 9.48 Å². The molecule has 1 fully saturated rings. The van der Waals surface area contributed by atoms with Crippen molar-refractivity contribution in [1.29, 1.82) is 0 Å². The number of nitrogens with zero attached hydrogens (tertiary/aromatic N) is 2. The summed E-state index contributed by atoms with van der Waals surface area (Å²) < 4.78 is 1.67. The Morgan fingerprint density at radius 3 is 2.72 bits per heavy atom. The van der Waals surface area contributed by atoms with Gasteiger partial charge in [-0.15, -0.1) is 0 Å². The maximum Gasteiger partial charge on any atom is 0.254 e. The van der Waals surface area contributed by atoms with Crippen molar-refractivity contribution in [1.82, 2.24) is 15.1 Å². The van der Waals surface area contributed by atoms with Crippen molar-refractivity contribution in [3.63, 3.8) is 0 Å². The Bertz CT molecular complexity index is 433. The number of aromatic nitrogens is 2. The van der Waals surface area contributed by atoms with E-state index in [1.54, 1.807) is 17.9 Å². The molecule has 1 heterocycles. The maximum absolute atomic E-state index is 12.0. The number of hydrogen-bond acceptors (Lipinski definition) is 3. The minimum atomic E-state index is -0.718. The van der Waals surface area contributed by atoms with Crippen molar-refractivity contribution in [2.45, 2.75) is 44.6 Å². The molecule has 1 aromatic rings. The van der Waals surface area contributed by atoms with E-state index in [2.05, 4.69) is 10.4 Å². The number of nitrogens with one attached hydrogen (secondary N) is 1. The number of aliphatic hydroxyl groups is 1. The van der Waals surface area contributed by atoms with E-state index in [9.17, 15) is 9.90 Å². The summed E-state index contributed by atoms with van der Waals surface area (Å²) in [6, 6.07) is 0. The number of amides is 1. The molecule has 2 rings (SSSR count). The van der Waals surface area contributed by atoms with Crippen molar-refractivity contribution < 1.29 is 9.90 Å². The molecule has 0 aliphatic heterocycles. The third-order valence-electron chi connectivity index (χ3n) is 3.84. The zero-order valence-electron chi connectivity index (χ0n) is 11.1. The normalized spacial score (nSPS) is 18.6. The Balaban J connectivity index is 1.94. The van der Waals surface area contributed by atoms with Gasteiger partial charge in [0.1, 0.15) is 0 Å². The molecule has 0 aromatic carbocycles. The molecule has 0 atom stereocenters. The molecule has 1 saturated carbocycles. The van der Waals surface area contributed by atoms with Crippen LogP contribution in [0.25, 0.3) is 0 Å². The fourth-order valence-electron chi connectivity index (χ4n) is 2.45. The lowest BCUT2D eigenvalue weighted by Gasteiger charge is -2.32. The summed E-state index contributed by atoms with van der Waals surface area (Å²) in [6.07, 6.45) is 6.38. The van der Waals surface area contributed by atoms with Crippen LogP contribution in [0.3, 0.4) is 0 Å². The van der Waals surface area contributed by atoms with Crippen LogP contribution in [0.2, 0.25) is 0 Å². The molecule has 0 spiro atoms. The van der Waals surface area contributed by atoms with Gasteiger partial charge >= 0.3 is 0 Å². The molecule has 1 amide bonds. The van der Waals surface area contributed by atoms with E-state index in [-0.39, 0.29) is 5.91 Å². The molecule has 0 radical (unpaired) electrons. The quantitative estimate of drug-likeness (QED) is 0.847. The second-order valence-corrected chi connectivity index (χ2v) is 5.23. The van der Waals surface area contributed by atoms with Crippen LogP contribution in [0.15, 0.2) is 6.20 Å². The highest BCUT2D eigenvalue weighted by Gasteiger charge is 2.29. The third kappa shape index (κ3) is 2.72. The van der Waals surface area contributed by atoms with E-state index in [0.29, 0.717) is 12.1 Å². The summed E-state index contributed by atoms with van der Waals surface area (Å²) in [5.74, 6) is -0.153. The molecule has 2 N–H and O–H groups in total. The van der Waals surface area contributed by atoms with E-state index in [0.717, 1.165) is 31.4 Å². The summed E-state index contributed by atoms with van der Waals surface area (Å²) in [5, 5.41) is 17.2. The highest BCUT2D eigenvalue weighted by atomic mass is 16.3. The Morgan fingerprint density at radius 1 is 1.50 bits per heavy atom. The molecule has 0 bridgehead atoms. The number of aryl methyl sites for hydroxylation is 1. The van der Waals surface area contributed by atoms with Gasteiger partial charge in [0.2, 0.25) is 0 Å². The van der Waals surface area contributed by atoms with E-state index in [4.69, 9.17) is 0 Å². The fourth-order valence-corrected chi connectivity index (χ4v) is 2.45. The standard InChI is InChI=1S/C13H21N3O2/c1-10-11(8-15-16(10)2)12(17)14-9-13(18)6-4-3-5-7-13/h8,18H,3-7,9H2,1-2H3,(H,14,17). The van der Waals surface area contributed by atoms with Crippen molar-refractivity contribution in [3.8, 4) is 0 Å². The molecule has 18 heavy (non-hydrogen) atoms. The van der Waals surface area contributed by atoms with Gasteiger partial charge in [0.15, 0.2) is 0 Å². The first-order valence-electron chi connectivity index (χ1n) is 6.51. The topological polar surface area (TPSA) is 67.2 Å². The number of rotatable bonds is 3. The number of carbonyl (C=O) groups is 1. The van der Waals surface area contributed by atoms with Crippen LogP contribution in [0.5, 0.6) is 0 Å². The maximum atomic E-state index is 12.0. The third-order valence-corrected chi connectivity index (χ3v) is 3.84. The van der Waals surface area contributed by atoms with Gasteiger partial charge in [-0.2, -0.15) is 5.10 Å². The van der Waals surface area contributed by atoms with Crippen LogP contribution in [-0.2, 0) is 7.05 Å². The first-order chi connectivity index (χ1) is 8.52. The number of hydrogen-bond donors (Lipinski definition) is 2. The molecule has 1 aromatic heterocycles. The highest BCUT2D eigenvalue weighted by Crippen LogP contribution is 2.27. The van der Waals surface area contributed by atoms with Gasteiger partial charge in [-0.1, -0.05) is 19.3 Å². The first-order valence-corrected chi connectivity index (χ1v) is 6.51. The molecule has 1 aliphatic rings. The van der Waals surface area contributed by atoms with E-state index < -0.39 is 5.60 Å². The molecule has 0 unspecified atom stereocenters. The first kappa shape index (κ1) is 13.1. The second kappa shape index (κ2) is 5.10. The van der Waals surface area contributed by atoms with Crippen molar-refractivity contribution in [2.24, 2.45) is 7.05 Å². The average molecular weight is 251 g/mol. The fraction of sp³-hybridized carbons (Fsp3) is 0.692. The van der Waals surface area contributed by atoms with Gasteiger partial charge in [0, 0.05) is 19.3 Å². The van der Waals surface area contributed by atoms with Crippen LogP contribution in [-0.4, -0.2) is 32.9 Å². The lowest BCUT2D eigenvalue weighted by atomic mass is 9.85. The van der Waals surface area contributed by atoms with Gasteiger partial charge in [0.25, 0.3) is 5.91 Å². The predicted octanol–water partition coefficient (Wildman–Crippen LogP) is 1.15. The molecular weight excluding hydrogens is 230 g/mol. The largest absolute Gasteiger partial charge is 0.388 e. The van der Waals surface area contributed by atoms with Crippen molar-refractivity contribution in [3.05, 3.63) is 17.5 Å². The summed E-state index contributed by atoms with van der Waals surface area (Å²) >= 11 is 0. The summed E-state index contributed by atoms with van der Waals surface area (Å²) in [7, 11) is 1.81. The predicted molar refractivity (Wildman–Crippen MR) is 68.3 cm³/mol. The summed E-state index contributed by atoms with van der Waals surface area (Å²) in [6.45, 7) is 2.19. The lowest BCUT2D eigenvalue weighted by Crippen LogP contribution is -2.44. The lowest BCUT2D eigenvalue weighted by molar-refractivity contribution is 0.00525. The Kier molecular flexibility index (Phi) is 3.71. The van der Waals surface area contributed by atoms with E-state index in [1.807, 2.05) is 6.92 Å². The minimum absolute atomic E-state index is 0.153. The highest BCUT2D eigenvalue weighted by molar-refractivity contribution is 5.95. The summed E-state index contributed by atoms with van der Waals surface area (Å²) in [4.78, 5) is 12.0. The van der Waals surface area contributed by atoms with Crippen molar-refractivity contribution in [2.75, 3.05) is 6.54 Å². The number of carbonyl (C=O) groups excluding carboxylic acids is 1. The van der Waals surface area contributed by atoms with Crippen LogP contribution in [0, 0.1) is 6.92 Å². The van der Waals surface area contributed by atoms with Gasteiger partial charge in [0.05, 0.1) is 17.4 Å². The Hall–Kier alpha value is -1.36. The van der Waals surface area contributed by atoms with Crippen LogP contribution in [0.4, 0.5) is 0 Å². The molecule has 0 saturated heterocycles. The van der Waals surface area contributed by atoms with E-state index >= 15 is 0 Å². The minimum Gasteiger partial charge on any atom is -0.388 e. The van der Waals surface area contributed by atoms with E-state index in [1.165, 1.54) is 6.42 Å². The monoisotopic (exact) mass is 251 g/mol. The SMILES string of the molecule is Cc1c(C(=O)NCC2(O)CCCCC2)cnn1C. The van der Waals surface area contributed by atoms with Gasteiger partial charge in [-0.25, -0.2) is 0 Å². The molecule has 5 heteroatoms. The zero-order valence-corrected chi connectivity index (χ0v) is 11.1. The summed E-state index contributed by atoms with van der Waals surface area (Å²) in [5.41, 5.74) is 0.698. The molecule has 100 valence electrons. The zero-order chi connectivity index (χ0) is 13.2. The second-order valence-electron chi connectivity index (χ2n) is 5.23. The van der Waals surface area contributed by atoms with Crippen LogP contribution in [0.1, 0.15) is 48.2 Å². The smallest absolute Gasteiger partial charge is 0.254 e. The van der Waals surface area contributed by atoms with Crippen LogP contribution >= 0.6 is 0 Å². The molecule has 5 nitrogen and oxygen atoms in total. The Labute approximate surface area is 107 Å². The van der Waals surface area contributed by atoms with Crippen LogP contribution < -0.4 is 5.32 Å². The van der Waals surface area contributed by atoms with Gasteiger partial charge < -0.3 is 10.4 Å². The molecule has 1 aliphatic carbocycles. The van der Waals surface area contributed by atoms with Crippen molar-refractivity contribution >= 4 is 5.91 Å².